The molecule has 1 aromatic heterocycles. The molecule has 19 heavy (non-hydrogen) atoms. The first-order valence-electron chi connectivity index (χ1n) is 6.39. The fraction of sp³-hybridized carbons (Fsp3) is 0.462. The van der Waals surface area contributed by atoms with Crippen LogP contribution < -0.4 is 0 Å². The van der Waals surface area contributed by atoms with Gasteiger partial charge in [0.15, 0.2) is 11.5 Å². The summed E-state index contributed by atoms with van der Waals surface area (Å²) in [6.07, 6.45) is 5.85. The standard InChI is InChI=1S/C13H14ClNO3S/c14-19(16,17)10-6-7-11-12(8-10)18-13(15-11)9-4-2-1-3-5-9/h6-9H,1-5H2. The van der Waals surface area contributed by atoms with E-state index in [1.54, 1.807) is 6.07 Å². The average molecular weight is 300 g/mol. The lowest BCUT2D eigenvalue weighted by Crippen LogP contribution is -2.04. The van der Waals surface area contributed by atoms with Crippen molar-refractivity contribution in [3.63, 3.8) is 0 Å². The number of fused-ring (bicyclic) bond motifs is 1. The molecule has 1 saturated carbocycles. The highest BCUT2D eigenvalue weighted by Gasteiger charge is 2.21. The summed E-state index contributed by atoms with van der Waals surface area (Å²) in [6, 6.07) is 4.54. The molecule has 0 bridgehead atoms. The van der Waals surface area contributed by atoms with Crippen LogP contribution >= 0.6 is 10.7 Å². The van der Waals surface area contributed by atoms with Gasteiger partial charge in [-0.25, -0.2) is 13.4 Å². The first-order valence-corrected chi connectivity index (χ1v) is 8.70. The molecule has 1 aliphatic carbocycles. The molecule has 1 heterocycles. The summed E-state index contributed by atoms with van der Waals surface area (Å²) in [5.74, 6) is 1.08. The maximum absolute atomic E-state index is 11.3. The van der Waals surface area contributed by atoms with Gasteiger partial charge >= 0.3 is 0 Å². The maximum Gasteiger partial charge on any atom is 0.261 e. The predicted octanol–water partition coefficient (Wildman–Crippen LogP) is 3.80. The van der Waals surface area contributed by atoms with E-state index >= 15 is 0 Å². The zero-order valence-corrected chi connectivity index (χ0v) is 11.9. The van der Waals surface area contributed by atoms with Gasteiger partial charge in [0, 0.05) is 22.7 Å². The van der Waals surface area contributed by atoms with Crippen LogP contribution in [0.5, 0.6) is 0 Å². The van der Waals surface area contributed by atoms with Crippen molar-refractivity contribution in [1.82, 2.24) is 4.98 Å². The number of halogens is 1. The number of aromatic nitrogens is 1. The highest BCUT2D eigenvalue weighted by atomic mass is 35.7. The third-order valence-electron chi connectivity index (χ3n) is 3.61. The Morgan fingerprint density at radius 1 is 1.21 bits per heavy atom. The molecule has 102 valence electrons. The van der Waals surface area contributed by atoms with Gasteiger partial charge in [0.2, 0.25) is 0 Å². The lowest BCUT2D eigenvalue weighted by molar-refractivity contribution is 0.373. The predicted molar refractivity (Wildman–Crippen MR) is 72.9 cm³/mol. The van der Waals surface area contributed by atoms with Crippen LogP contribution in [0, 0.1) is 0 Å². The normalized spacial score (nSPS) is 17.9. The second kappa shape index (κ2) is 4.80. The van der Waals surface area contributed by atoms with Gasteiger partial charge in [0.1, 0.15) is 5.52 Å². The minimum absolute atomic E-state index is 0.0491. The third kappa shape index (κ3) is 2.62. The van der Waals surface area contributed by atoms with Crippen LogP contribution in [0.4, 0.5) is 0 Å². The number of nitrogens with zero attached hydrogens (tertiary/aromatic N) is 1. The van der Waals surface area contributed by atoms with Gasteiger partial charge in [-0.1, -0.05) is 19.3 Å². The van der Waals surface area contributed by atoms with Gasteiger partial charge in [-0.05, 0) is 25.0 Å². The highest BCUT2D eigenvalue weighted by molar-refractivity contribution is 8.13. The van der Waals surface area contributed by atoms with Crippen molar-refractivity contribution >= 4 is 30.8 Å². The molecule has 0 atom stereocenters. The maximum atomic E-state index is 11.3. The second-order valence-electron chi connectivity index (χ2n) is 4.95. The van der Waals surface area contributed by atoms with Gasteiger partial charge in [-0.2, -0.15) is 0 Å². The number of rotatable bonds is 2. The summed E-state index contributed by atoms with van der Waals surface area (Å²) in [5.41, 5.74) is 1.17. The van der Waals surface area contributed by atoms with Crippen molar-refractivity contribution in [2.45, 2.75) is 42.9 Å². The quantitative estimate of drug-likeness (QED) is 0.791. The first-order chi connectivity index (χ1) is 9.04. The number of hydrogen-bond donors (Lipinski definition) is 0. The third-order valence-corrected chi connectivity index (χ3v) is 4.96. The van der Waals surface area contributed by atoms with Crippen LogP contribution in [0.15, 0.2) is 27.5 Å². The van der Waals surface area contributed by atoms with E-state index in [2.05, 4.69) is 4.98 Å². The van der Waals surface area contributed by atoms with Crippen LogP contribution in [-0.2, 0) is 9.05 Å². The lowest BCUT2D eigenvalue weighted by atomic mass is 9.89. The summed E-state index contributed by atoms with van der Waals surface area (Å²) >= 11 is 0. The molecule has 4 nitrogen and oxygen atoms in total. The number of oxazole rings is 1. The molecule has 1 aliphatic rings. The van der Waals surface area contributed by atoms with Crippen LogP contribution in [0.2, 0.25) is 0 Å². The Morgan fingerprint density at radius 3 is 2.63 bits per heavy atom. The molecule has 0 unspecified atom stereocenters. The molecule has 1 fully saturated rings. The minimum atomic E-state index is -3.73. The summed E-state index contributed by atoms with van der Waals surface area (Å²) in [7, 11) is 1.60. The zero-order valence-electron chi connectivity index (χ0n) is 10.3. The molecular formula is C13H14ClNO3S. The zero-order chi connectivity index (χ0) is 13.5. The molecule has 3 rings (SSSR count). The van der Waals surface area contributed by atoms with E-state index in [1.165, 1.54) is 31.4 Å². The summed E-state index contributed by atoms with van der Waals surface area (Å²) in [6.45, 7) is 0. The summed E-state index contributed by atoms with van der Waals surface area (Å²) in [5, 5.41) is 0. The monoisotopic (exact) mass is 299 g/mol. The molecular weight excluding hydrogens is 286 g/mol. The van der Waals surface area contributed by atoms with Gasteiger partial charge in [-0.15, -0.1) is 0 Å². The summed E-state index contributed by atoms with van der Waals surface area (Å²) < 4.78 is 28.3. The van der Waals surface area contributed by atoms with Crippen LogP contribution in [0.3, 0.4) is 0 Å². The van der Waals surface area contributed by atoms with Crippen molar-refractivity contribution in [3.05, 3.63) is 24.1 Å². The first kappa shape index (κ1) is 12.9. The number of hydrogen-bond acceptors (Lipinski definition) is 4. The Labute approximate surface area is 116 Å². The Morgan fingerprint density at radius 2 is 1.95 bits per heavy atom. The van der Waals surface area contributed by atoms with Gasteiger partial charge < -0.3 is 4.42 Å². The van der Waals surface area contributed by atoms with Crippen molar-refractivity contribution < 1.29 is 12.8 Å². The van der Waals surface area contributed by atoms with E-state index in [9.17, 15) is 8.42 Å². The molecule has 6 heteroatoms. The van der Waals surface area contributed by atoms with Crippen molar-refractivity contribution in [3.8, 4) is 0 Å². The smallest absolute Gasteiger partial charge is 0.261 e. The number of benzene rings is 1. The highest BCUT2D eigenvalue weighted by Crippen LogP contribution is 2.34. The molecule has 0 aliphatic heterocycles. The van der Waals surface area contributed by atoms with Crippen LogP contribution in [0.1, 0.15) is 43.9 Å². The van der Waals surface area contributed by atoms with E-state index in [4.69, 9.17) is 15.1 Å². The molecule has 0 saturated heterocycles. The van der Waals surface area contributed by atoms with Crippen molar-refractivity contribution in [2.24, 2.45) is 0 Å². The largest absolute Gasteiger partial charge is 0.440 e. The molecule has 2 aromatic rings. The molecule has 0 amide bonds. The van der Waals surface area contributed by atoms with Crippen molar-refractivity contribution in [1.29, 1.82) is 0 Å². The van der Waals surface area contributed by atoms with Crippen LogP contribution in [0.25, 0.3) is 11.1 Å². The van der Waals surface area contributed by atoms with Gasteiger partial charge in [0.05, 0.1) is 4.90 Å². The topological polar surface area (TPSA) is 60.2 Å². The minimum Gasteiger partial charge on any atom is -0.440 e. The molecule has 0 N–H and O–H groups in total. The fourth-order valence-corrected chi connectivity index (χ4v) is 3.36. The van der Waals surface area contributed by atoms with Crippen molar-refractivity contribution in [2.75, 3.05) is 0 Å². The van der Waals surface area contributed by atoms with Crippen LogP contribution in [-0.4, -0.2) is 13.4 Å². The summed E-state index contributed by atoms with van der Waals surface area (Å²) in [4.78, 5) is 4.50. The average Bonchev–Trinajstić information content (AvgIpc) is 2.81. The Bertz CT molecular complexity index is 702. The van der Waals surface area contributed by atoms with E-state index in [0.717, 1.165) is 18.7 Å². The lowest BCUT2D eigenvalue weighted by Gasteiger charge is -2.17. The second-order valence-corrected chi connectivity index (χ2v) is 7.52. The fourth-order valence-electron chi connectivity index (χ4n) is 2.60. The Kier molecular flexibility index (Phi) is 3.27. The van der Waals surface area contributed by atoms with Gasteiger partial charge in [-0.3, -0.25) is 0 Å². The molecule has 0 radical (unpaired) electrons. The van der Waals surface area contributed by atoms with E-state index < -0.39 is 9.05 Å². The Hall–Kier alpha value is -1.07. The van der Waals surface area contributed by atoms with E-state index in [-0.39, 0.29) is 4.90 Å². The Balaban J connectivity index is 2.01. The SMILES string of the molecule is O=S(=O)(Cl)c1ccc2nc(C3CCCCC3)oc2c1. The van der Waals surface area contributed by atoms with E-state index in [1.807, 2.05) is 0 Å². The van der Waals surface area contributed by atoms with Gasteiger partial charge in [0.25, 0.3) is 9.05 Å². The molecule has 1 aromatic carbocycles. The van der Waals surface area contributed by atoms with E-state index in [0.29, 0.717) is 17.0 Å². The molecule has 0 spiro atoms.